The largest absolute Gasteiger partial charge is 0.367 e. The highest BCUT2D eigenvalue weighted by Gasteiger charge is 2.24. The Kier molecular flexibility index (Phi) is 6.24. The number of nitrogens with zero attached hydrogens (tertiary/aromatic N) is 3. The number of thiazole rings is 1. The monoisotopic (exact) mass is 421 g/mol. The number of carbonyl (C=O) groups is 2. The molecule has 1 aromatic heterocycles. The van der Waals surface area contributed by atoms with E-state index in [9.17, 15) is 9.59 Å². The summed E-state index contributed by atoms with van der Waals surface area (Å²) in [6.45, 7) is 2.83. The Labute approximate surface area is 179 Å². The summed E-state index contributed by atoms with van der Waals surface area (Å²) >= 11 is 1.47. The number of benzene rings is 2. The fourth-order valence-electron chi connectivity index (χ4n) is 3.43. The molecule has 30 heavy (non-hydrogen) atoms. The minimum atomic E-state index is -0.136. The van der Waals surface area contributed by atoms with Gasteiger partial charge in [-0.25, -0.2) is 4.98 Å². The number of nitrogens with one attached hydrogen (secondary N) is 2. The zero-order chi connectivity index (χ0) is 20.8. The molecule has 154 valence electrons. The number of hydrogen-bond acceptors (Lipinski definition) is 6. The van der Waals surface area contributed by atoms with Gasteiger partial charge < -0.3 is 20.4 Å². The normalized spacial score (nSPS) is 13.7. The van der Waals surface area contributed by atoms with Crippen LogP contribution in [0.4, 0.5) is 16.5 Å². The van der Waals surface area contributed by atoms with E-state index >= 15 is 0 Å². The molecule has 0 radical (unpaired) electrons. The third kappa shape index (κ3) is 4.77. The molecule has 0 atom stereocenters. The van der Waals surface area contributed by atoms with E-state index in [2.05, 4.69) is 20.5 Å². The molecule has 8 heteroatoms. The van der Waals surface area contributed by atoms with Crippen LogP contribution < -0.4 is 15.5 Å². The zero-order valence-corrected chi connectivity index (χ0v) is 17.3. The second-order valence-electron chi connectivity index (χ2n) is 6.90. The van der Waals surface area contributed by atoms with Crippen LogP contribution in [-0.2, 0) is 4.79 Å². The van der Waals surface area contributed by atoms with Crippen molar-refractivity contribution < 1.29 is 9.59 Å². The predicted molar refractivity (Wildman–Crippen MR) is 120 cm³/mol. The van der Waals surface area contributed by atoms with Crippen molar-refractivity contribution in [1.82, 2.24) is 9.88 Å². The summed E-state index contributed by atoms with van der Waals surface area (Å²) in [4.78, 5) is 33.5. The molecular formula is C22H23N5O2S. The number of carbonyl (C=O) groups excluding carboxylic acids is 2. The lowest BCUT2D eigenvalue weighted by Crippen LogP contribution is -2.50. The first-order valence-corrected chi connectivity index (χ1v) is 10.7. The number of amides is 2. The van der Waals surface area contributed by atoms with E-state index in [-0.39, 0.29) is 18.4 Å². The Morgan fingerprint density at radius 3 is 2.43 bits per heavy atom. The van der Waals surface area contributed by atoms with Crippen molar-refractivity contribution in [3.05, 3.63) is 71.7 Å². The van der Waals surface area contributed by atoms with Crippen LogP contribution in [-0.4, -0.2) is 54.4 Å². The summed E-state index contributed by atoms with van der Waals surface area (Å²) in [7, 11) is 0. The Bertz CT molecular complexity index is 986. The van der Waals surface area contributed by atoms with Crippen molar-refractivity contribution in [2.45, 2.75) is 0 Å². The predicted octanol–water partition coefficient (Wildman–Crippen LogP) is 3.16. The zero-order valence-electron chi connectivity index (χ0n) is 16.5. The summed E-state index contributed by atoms with van der Waals surface area (Å²) in [5.74, 6) is -0.0806. The highest BCUT2D eigenvalue weighted by Crippen LogP contribution is 2.23. The van der Waals surface area contributed by atoms with Gasteiger partial charge in [-0.15, -0.1) is 11.3 Å². The lowest BCUT2D eigenvalue weighted by Gasteiger charge is -2.36. The van der Waals surface area contributed by atoms with E-state index in [1.165, 1.54) is 11.3 Å². The number of aromatic nitrogens is 1. The Hall–Kier alpha value is -3.39. The molecular weight excluding hydrogens is 398 g/mol. The van der Waals surface area contributed by atoms with Crippen LogP contribution in [0.1, 0.15) is 10.4 Å². The number of hydrogen-bond donors (Lipinski definition) is 2. The lowest BCUT2D eigenvalue weighted by molar-refractivity contribution is -0.129. The third-order valence-corrected chi connectivity index (χ3v) is 5.71. The van der Waals surface area contributed by atoms with Crippen molar-refractivity contribution in [3.63, 3.8) is 0 Å². The van der Waals surface area contributed by atoms with Gasteiger partial charge in [-0.1, -0.05) is 30.3 Å². The van der Waals surface area contributed by atoms with E-state index < -0.39 is 0 Å². The molecule has 0 aliphatic carbocycles. The second-order valence-corrected chi connectivity index (χ2v) is 7.79. The van der Waals surface area contributed by atoms with Crippen LogP contribution in [0.2, 0.25) is 0 Å². The van der Waals surface area contributed by atoms with Crippen molar-refractivity contribution in [3.8, 4) is 0 Å². The third-order valence-electron chi connectivity index (χ3n) is 4.98. The fraction of sp³-hybridized carbons (Fsp3) is 0.227. The van der Waals surface area contributed by atoms with Crippen LogP contribution >= 0.6 is 11.3 Å². The number of piperazine rings is 1. The molecule has 2 heterocycles. The molecule has 2 aromatic carbocycles. The highest BCUT2D eigenvalue weighted by atomic mass is 32.1. The number of rotatable bonds is 6. The maximum absolute atomic E-state index is 12.8. The number of para-hydroxylation sites is 2. The topological polar surface area (TPSA) is 77.6 Å². The maximum Gasteiger partial charge on any atom is 0.257 e. The summed E-state index contributed by atoms with van der Waals surface area (Å²) in [6.07, 6.45) is 1.71. The van der Waals surface area contributed by atoms with Gasteiger partial charge in [0.05, 0.1) is 12.1 Å². The van der Waals surface area contributed by atoms with Crippen LogP contribution in [0.3, 0.4) is 0 Å². The van der Waals surface area contributed by atoms with Crippen LogP contribution in [0.15, 0.2) is 66.2 Å². The molecule has 4 rings (SSSR count). The molecule has 0 spiro atoms. The molecule has 2 N–H and O–H groups in total. The second kappa shape index (κ2) is 9.41. The molecule has 0 bridgehead atoms. The molecule has 7 nitrogen and oxygen atoms in total. The first kappa shape index (κ1) is 19.9. The van der Waals surface area contributed by atoms with Gasteiger partial charge in [0, 0.05) is 49.1 Å². The van der Waals surface area contributed by atoms with E-state index in [1.807, 2.05) is 64.9 Å². The van der Waals surface area contributed by atoms with Crippen molar-refractivity contribution in [2.24, 2.45) is 0 Å². The molecule has 1 aliphatic heterocycles. The molecule has 2 amide bonds. The summed E-state index contributed by atoms with van der Waals surface area (Å²) in [5, 5.41) is 8.64. The van der Waals surface area contributed by atoms with Gasteiger partial charge >= 0.3 is 0 Å². The van der Waals surface area contributed by atoms with Gasteiger partial charge in [-0.05, 0) is 24.3 Å². The highest BCUT2D eigenvalue weighted by molar-refractivity contribution is 7.13. The quantitative estimate of drug-likeness (QED) is 0.639. The minimum Gasteiger partial charge on any atom is -0.367 e. The Balaban J connectivity index is 1.36. The van der Waals surface area contributed by atoms with Crippen LogP contribution in [0.5, 0.6) is 0 Å². The van der Waals surface area contributed by atoms with Crippen molar-refractivity contribution in [2.75, 3.05) is 48.3 Å². The standard InChI is InChI=1S/C22H23N5O2S/c28-20(16-24-22-23-10-15-30-22)27-13-11-26(12-14-27)19-9-5-4-8-18(19)21(29)25-17-6-2-1-3-7-17/h1-10,15H,11-14,16H2,(H,23,24)(H,25,29). The molecule has 1 aliphatic rings. The molecule has 3 aromatic rings. The van der Waals surface area contributed by atoms with E-state index in [4.69, 9.17) is 0 Å². The Morgan fingerprint density at radius 2 is 1.70 bits per heavy atom. The van der Waals surface area contributed by atoms with Gasteiger partial charge in [0.15, 0.2) is 5.13 Å². The molecule has 1 fully saturated rings. The average Bonchev–Trinajstić information content (AvgIpc) is 3.32. The average molecular weight is 422 g/mol. The van der Waals surface area contributed by atoms with E-state index in [0.717, 1.165) is 16.5 Å². The van der Waals surface area contributed by atoms with Crippen molar-refractivity contribution >= 4 is 39.7 Å². The van der Waals surface area contributed by atoms with Gasteiger partial charge in [0.1, 0.15) is 0 Å². The van der Waals surface area contributed by atoms with Crippen LogP contribution in [0.25, 0.3) is 0 Å². The van der Waals surface area contributed by atoms with Gasteiger partial charge in [0.25, 0.3) is 5.91 Å². The SMILES string of the molecule is O=C(Nc1ccccc1)c1ccccc1N1CCN(C(=O)CNc2nccs2)CC1. The van der Waals surface area contributed by atoms with E-state index in [0.29, 0.717) is 31.7 Å². The van der Waals surface area contributed by atoms with Gasteiger partial charge in [0.2, 0.25) is 5.91 Å². The summed E-state index contributed by atoms with van der Waals surface area (Å²) in [5.41, 5.74) is 2.28. The smallest absolute Gasteiger partial charge is 0.257 e. The maximum atomic E-state index is 12.8. The van der Waals surface area contributed by atoms with Crippen molar-refractivity contribution in [1.29, 1.82) is 0 Å². The first-order chi connectivity index (χ1) is 14.7. The van der Waals surface area contributed by atoms with Gasteiger partial charge in [-0.2, -0.15) is 0 Å². The summed E-state index contributed by atoms with van der Waals surface area (Å²) in [6, 6.07) is 17.0. The van der Waals surface area contributed by atoms with E-state index in [1.54, 1.807) is 6.20 Å². The molecule has 0 saturated carbocycles. The molecule has 0 unspecified atom stereocenters. The van der Waals surface area contributed by atoms with Crippen LogP contribution in [0, 0.1) is 0 Å². The fourth-order valence-corrected chi connectivity index (χ4v) is 3.96. The van der Waals surface area contributed by atoms with Gasteiger partial charge in [-0.3, -0.25) is 9.59 Å². The lowest BCUT2D eigenvalue weighted by atomic mass is 10.1. The number of anilines is 3. The minimum absolute atomic E-state index is 0.0555. The molecule has 1 saturated heterocycles. The first-order valence-electron chi connectivity index (χ1n) is 9.82. The Morgan fingerprint density at radius 1 is 0.967 bits per heavy atom. The summed E-state index contributed by atoms with van der Waals surface area (Å²) < 4.78 is 0.